The summed E-state index contributed by atoms with van der Waals surface area (Å²) in [5.41, 5.74) is 0. The highest BCUT2D eigenvalue weighted by molar-refractivity contribution is 5.84. The third-order valence-electron chi connectivity index (χ3n) is 3.05. The van der Waals surface area contributed by atoms with Gasteiger partial charge in [-0.1, -0.05) is 0 Å². The van der Waals surface area contributed by atoms with Crippen LogP contribution in [0.5, 0.6) is 0 Å². The SMILES string of the molecule is CC(=O)N(CCN(C)C)CC(=O)N1CCCC1. The molecule has 1 heterocycles. The van der Waals surface area contributed by atoms with Gasteiger partial charge < -0.3 is 14.7 Å². The molecule has 0 bridgehead atoms. The summed E-state index contributed by atoms with van der Waals surface area (Å²) in [5.74, 6) is 0.0517. The van der Waals surface area contributed by atoms with Crippen molar-refractivity contribution in [2.24, 2.45) is 0 Å². The van der Waals surface area contributed by atoms with E-state index in [4.69, 9.17) is 0 Å². The zero-order valence-electron chi connectivity index (χ0n) is 11.1. The molecule has 0 aromatic heterocycles. The molecule has 1 fully saturated rings. The minimum Gasteiger partial charge on any atom is -0.341 e. The predicted octanol–water partition coefficient (Wildman–Crippen LogP) is 0.0189. The van der Waals surface area contributed by atoms with Gasteiger partial charge in [-0.2, -0.15) is 0 Å². The Morgan fingerprint density at radius 3 is 2.18 bits per heavy atom. The average molecular weight is 241 g/mol. The topological polar surface area (TPSA) is 43.9 Å². The van der Waals surface area contributed by atoms with Gasteiger partial charge in [0.25, 0.3) is 0 Å². The summed E-state index contributed by atoms with van der Waals surface area (Å²) in [5, 5.41) is 0. The summed E-state index contributed by atoms with van der Waals surface area (Å²) in [4.78, 5) is 28.9. The smallest absolute Gasteiger partial charge is 0.242 e. The van der Waals surface area contributed by atoms with Crippen molar-refractivity contribution in [2.75, 3.05) is 46.8 Å². The van der Waals surface area contributed by atoms with Gasteiger partial charge in [0.2, 0.25) is 11.8 Å². The van der Waals surface area contributed by atoms with E-state index in [2.05, 4.69) is 0 Å². The Balaban J connectivity index is 2.42. The fourth-order valence-electron chi connectivity index (χ4n) is 1.90. The molecule has 1 saturated heterocycles. The Morgan fingerprint density at radius 2 is 1.71 bits per heavy atom. The number of hydrogen-bond donors (Lipinski definition) is 0. The van der Waals surface area contributed by atoms with Crippen molar-refractivity contribution in [1.29, 1.82) is 0 Å². The van der Waals surface area contributed by atoms with E-state index in [1.54, 1.807) is 4.90 Å². The summed E-state index contributed by atoms with van der Waals surface area (Å²) < 4.78 is 0. The summed E-state index contributed by atoms with van der Waals surface area (Å²) >= 11 is 0. The Bertz CT molecular complexity index is 273. The van der Waals surface area contributed by atoms with E-state index >= 15 is 0 Å². The summed E-state index contributed by atoms with van der Waals surface area (Å²) in [6.45, 7) is 4.83. The highest BCUT2D eigenvalue weighted by atomic mass is 16.2. The first-order valence-corrected chi connectivity index (χ1v) is 6.18. The van der Waals surface area contributed by atoms with Crippen LogP contribution in [0, 0.1) is 0 Å². The lowest BCUT2D eigenvalue weighted by molar-refractivity contribution is -0.138. The molecule has 0 saturated carbocycles. The second-order valence-electron chi connectivity index (χ2n) is 4.83. The highest BCUT2D eigenvalue weighted by Gasteiger charge is 2.21. The lowest BCUT2D eigenvalue weighted by Crippen LogP contribution is -2.43. The van der Waals surface area contributed by atoms with Crippen molar-refractivity contribution in [3.05, 3.63) is 0 Å². The van der Waals surface area contributed by atoms with Crippen molar-refractivity contribution in [3.63, 3.8) is 0 Å². The van der Waals surface area contributed by atoms with E-state index in [-0.39, 0.29) is 18.4 Å². The molecule has 1 aliphatic heterocycles. The maximum absolute atomic E-state index is 11.9. The van der Waals surface area contributed by atoms with E-state index in [9.17, 15) is 9.59 Å². The summed E-state index contributed by atoms with van der Waals surface area (Å²) in [6.07, 6.45) is 2.17. The van der Waals surface area contributed by atoms with Crippen LogP contribution in [0.2, 0.25) is 0 Å². The molecule has 2 amide bonds. The van der Waals surface area contributed by atoms with Crippen molar-refractivity contribution in [1.82, 2.24) is 14.7 Å². The largest absolute Gasteiger partial charge is 0.341 e. The number of likely N-dealkylation sites (N-methyl/N-ethyl adjacent to an activating group) is 1. The number of nitrogens with zero attached hydrogens (tertiary/aromatic N) is 3. The molecule has 5 nitrogen and oxygen atoms in total. The van der Waals surface area contributed by atoms with Crippen LogP contribution in [0.25, 0.3) is 0 Å². The lowest BCUT2D eigenvalue weighted by Gasteiger charge is -2.25. The van der Waals surface area contributed by atoms with Crippen LogP contribution < -0.4 is 0 Å². The first-order valence-electron chi connectivity index (χ1n) is 6.18. The molecule has 0 N–H and O–H groups in total. The molecule has 98 valence electrons. The first kappa shape index (κ1) is 14.0. The molecule has 5 heteroatoms. The summed E-state index contributed by atoms with van der Waals surface area (Å²) in [7, 11) is 3.92. The van der Waals surface area contributed by atoms with Gasteiger partial charge >= 0.3 is 0 Å². The van der Waals surface area contributed by atoms with Crippen molar-refractivity contribution in [2.45, 2.75) is 19.8 Å². The normalized spacial score (nSPS) is 15.4. The number of hydrogen-bond acceptors (Lipinski definition) is 3. The predicted molar refractivity (Wildman–Crippen MR) is 66.6 cm³/mol. The maximum Gasteiger partial charge on any atom is 0.242 e. The van der Waals surface area contributed by atoms with Crippen LogP contribution in [0.3, 0.4) is 0 Å². The summed E-state index contributed by atoms with van der Waals surface area (Å²) in [6, 6.07) is 0. The van der Waals surface area contributed by atoms with Crippen LogP contribution in [0.4, 0.5) is 0 Å². The van der Waals surface area contributed by atoms with Crippen molar-refractivity contribution >= 4 is 11.8 Å². The van der Waals surface area contributed by atoms with Crippen molar-refractivity contribution < 1.29 is 9.59 Å². The minimum absolute atomic E-state index is 0.0283. The van der Waals surface area contributed by atoms with Crippen LogP contribution >= 0.6 is 0 Å². The lowest BCUT2D eigenvalue weighted by atomic mass is 10.4. The zero-order valence-corrected chi connectivity index (χ0v) is 11.1. The third kappa shape index (κ3) is 4.73. The van der Waals surface area contributed by atoms with Gasteiger partial charge in [0, 0.05) is 33.1 Å². The Morgan fingerprint density at radius 1 is 1.12 bits per heavy atom. The van der Waals surface area contributed by atoms with Crippen LogP contribution in [-0.4, -0.2) is 73.3 Å². The Hall–Kier alpha value is -1.10. The number of carbonyl (C=O) groups is 2. The highest BCUT2D eigenvalue weighted by Crippen LogP contribution is 2.08. The van der Waals surface area contributed by atoms with E-state index in [1.165, 1.54) is 6.92 Å². The maximum atomic E-state index is 11.9. The molecule has 1 rings (SSSR count). The van der Waals surface area contributed by atoms with Crippen molar-refractivity contribution in [3.8, 4) is 0 Å². The third-order valence-corrected chi connectivity index (χ3v) is 3.05. The number of carbonyl (C=O) groups excluding carboxylic acids is 2. The van der Waals surface area contributed by atoms with Gasteiger partial charge in [-0.25, -0.2) is 0 Å². The van der Waals surface area contributed by atoms with Crippen LogP contribution in [0.1, 0.15) is 19.8 Å². The standard InChI is InChI=1S/C12H23N3O2/c1-11(16)15(9-8-13(2)3)10-12(17)14-6-4-5-7-14/h4-10H2,1-3H3. The van der Waals surface area contributed by atoms with E-state index in [0.29, 0.717) is 6.54 Å². The minimum atomic E-state index is -0.0283. The fraction of sp³-hybridized carbons (Fsp3) is 0.833. The van der Waals surface area contributed by atoms with Gasteiger partial charge in [-0.15, -0.1) is 0 Å². The molecule has 0 spiro atoms. The molecule has 0 aromatic carbocycles. The van der Waals surface area contributed by atoms with E-state index in [1.807, 2.05) is 23.9 Å². The van der Waals surface area contributed by atoms with Gasteiger partial charge in [-0.05, 0) is 26.9 Å². The number of amides is 2. The molecular weight excluding hydrogens is 218 g/mol. The zero-order chi connectivity index (χ0) is 12.8. The van der Waals surface area contributed by atoms with Crippen LogP contribution in [-0.2, 0) is 9.59 Å². The molecule has 0 unspecified atom stereocenters. The number of likely N-dealkylation sites (tertiary alicyclic amines) is 1. The second kappa shape index (κ2) is 6.59. The van der Waals surface area contributed by atoms with Gasteiger partial charge in [-0.3, -0.25) is 9.59 Å². The first-order chi connectivity index (χ1) is 8.00. The second-order valence-corrected chi connectivity index (χ2v) is 4.83. The molecular formula is C12H23N3O2. The molecule has 0 radical (unpaired) electrons. The quantitative estimate of drug-likeness (QED) is 0.681. The molecule has 1 aliphatic rings. The molecule has 17 heavy (non-hydrogen) atoms. The number of rotatable bonds is 5. The van der Waals surface area contributed by atoms with Crippen LogP contribution in [0.15, 0.2) is 0 Å². The molecule has 0 aromatic rings. The van der Waals surface area contributed by atoms with E-state index in [0.717, 1.165) is 32.5 Å². The molecule has 0 atom stereocenters. The monoisotopic (exact) mass is 241 g/mol. The van der Waals surface area contributed by atoms with Gasteiger partial charge in [0.05, 0.1) is 6.54 Å². The fourth-order valence-corrected chi connectivity index (χ4v) is 1.90. The van der Waals surface area contributed by atoms with E-state index < -0.39 is 0 Å². The Labute approximate surface area is 103 Å². The van der Waals surface area contributed by atoms with Gasteiger partial charge in [0.1, 0.15) is 0 Å². The van der Waals surface area contributed by atoms with Gasteiger partial charge in [0.15, 0.2) is 0 Å². The Kier molecular flexibility index (Phi) is 5.41. The average Bonchev–Trinajstić information content (AvgIpc) is 2.76. The molecule has 0 aliphatic carbocycles.